The number of aromatic nitrogens is 1. The molecule has 0 saturated carbocycles. The van der Waals surface area contributed by atoms with Crippen molar-refractivity contribution in [2.75, 3.05) is 0 Å². The van der Waals surface area contributed by atoms with E-state index in [0.717, 1.165) is 0 Å². The zero-order valence-corrected chi connectivity index (χ0v) is 10.1. The van der Waals surface area contributed by atoms with Crippen molar-refractivity contribution in [2.24, 2.45) is 0 Å². The summed E-state index contributed by atoms with van der Waals surface area (Å²) in [6.07, 6.45) is -1.06. The van der Waals surface area contributed by atoms with Crippen molar-refractivity contribution < 1.29 is 19.4 Å². The molecule has 0 aliphatic heterocycles. The Morgan fingerprint density at radius 2 is 2.17 bits per heavy atom. The molecule has 2 rings (SSSR count). The minimum atomic E-state index is -0.943. The first kappa shape index (κ1) is 12.6. The van der Waals surface area contributed by atoms with E-state index >= 15 is 0 Å². The monoisotopic (exact) mass is 251 g/mol. The van der Waals surface area contributed by atoms with Gasteiger partial charge in [0, 0.05) is 22.2 Å². The molecule has 1 aromatic heterocycles. The molecule has 0 aliphatic carbocycles. The predicted octanol–water partition coefficient (Wildman–Crippen LogP) is 2.30. The Kier molecular flexibility index (Phi) is 3.09. The molecule has 0 fully saturated rings. The number of aryl methyl sites for hydroxylation is 1. The summed E-state index contributed by atoms with van der Waals surface area (Å²) in [4.78, 5) is 13.8. The lowest BCUT2D eigenvalue weighted by Gasteiger charge is -2.07. The fourth-order valence-corrected chi connectivity index (χ4v) is 2.12. The van der Waals surface area contributed by atoms with Crippen molar-refractivity contribution in [3.05, 3.63) is 34.8 Å². The number of H-pyrrole nitrogens is 1. The molecule has 0 aliphatic rings. The van der Waals surface area contributed by atoms with E-state index in [1.807, 2.05) is 0 Å². The van der Waals surface area contributed by atoms with Crippen LogP contribution < -0.4 is 0 Å². The summed E-state index contributed by atoms with van der Waals surface area (Å²) < 4.78 is 13.7. The highest BCUT2D eigenvalue weighted by atomic mass is 19.1. The van der Waals surface area contributed by atoms with Crippen LogP contribution in [-0.2, 0) is 11.2 Å². The number of carboxylic acids is 1. The van der Waals surface area contributed by atoms with Gasteiger partial charge >= 0.3 is 5.97 Å². The van der Waals surface area contributed by atoms with Gasteiger partial charge in [0.05, 0.1) is 12.5 Å². The van der Waals surface area contributed by atoms with Gasteiger partial charge in [-0.05, 0) is 31.5 Å². The summed E-state index contributed by atoms with van der Waals surface area (Å²) in [5.41, 5.74) is 2.05. The van der Waals surface area contributed by atoms with Crippen LogP contribution in [0, 0.1) is 12.7 Å². The normalized spacial score (nSPS) is 12.9. The summed E-state index contributed by atoms with van der Waals surface area (Å²) in [7, 11) is 0. The van der Waals surface area contributed by atoms with Gasteiger partial charge in [-0.2, -0.15) is 0 Å². The molecule has 1 unspecified atom stereocenters. The maximum absolute atomic E-state index is 13.7. The number of rotatable bonds is 3. The molecule has 4 nitrogen and oxygen atoms in total. The number of aliphatic hydroxyl groups excluding tert-OH is 1. The van der Waals surface area contributed by atoms with Crippen molar-refractivity contribution in [3.63, 3.8) is 0 Å². The number of aromatic amines is 1. The number of carboxylic acid groups (broad SMARTS) is 1. The minimum absolute atomic E-state index is 0.128. The maximum atomic E-state index is 13.7. The van der Waals surface area contributed by atoms with Gasteiger partial charge in [0.25, 0.3) is 0 Å². The fraction of sp³-hybridized carbons (Fsp3) is 0.308. The average Bonchev–Trinajstić information content (AvgIpc) is 2.52. The highest BCUT2D eigenvalue weighted by molar-refractivity contribution is 5.89. The molecule has 2 aromatic rings. The Hall–Kier alpha value is -1.88. The number of carbonyl (C=O) groups is 1. The lowest BCUT2D eigenvalue weighted by Crippen LogP contribution is -2.01. The van der Waals surface area contributed by atoms with Crippen molar-refractivity contribution >= 4 is 16.9 Å². The van der Waals surface area contributed by atoms with E-state index in [2.05, 4.69) is 4.98 Å². The second-order valence-corrected chi connectivity index (χ2v) is 4.39. The number of fused-ring (bicyclic) bond motifs is 1. The zero-order chi connectivity index (χ0) is 13.4. The van der Waals surface area contributed by atoms with Crippen molar-refractivity contribution in [3.8, 4) is 0 Å². The van der Waals surface area contributed by atoms with Crippen LogP contribution in [-0.4, -0.2) is 21.2 Å². The largest absolute Gasteiger partial charge is 0.481 e. The number of nitrogens with one attached hydrogen (secondary N) is 1. The van der Waals surface area contributed by atoms with Gasteiger partial charge in [0.2, 0.25) is 0 Å². The lowest BCUT2D eigenvalue weighted by atomic mass is 10.0. The molecule has 1 heterocycles. The van der Waals surface area contributed by atoms with E-state index in [-0.39, 0.29) is 12.0 Å². The van der Waals surface area contributed by atoms with Crippen LogP contribution >= 0.6 is 0 Å². The molecule has 96 valence electrons. The molecule has 1 aromatic carbocycles. The Morgan fingerprint density at radius 1 is 1.50 bits per heavy atom. The summed E-state index contributed by atoms with van der Waals surface area (Å²) in [6, 6.07) is 2.80. The van der Waals surface area contributed by atoms with E-state index in [4.69, 9.17) is 5.11 Å². The highest BCUT2D eigenvalue weighted by Crippen LogP contribution is 2.28. The SMILES string of the molecule is Cc1[nH]c2cc(F)c(C(C)O)cc2c1CC(=O)O. The number of aliphatic hydroxyl groups is 1. The Morgan fingerprint density at radius 3 is 2.72 bits per heavy atom. The third-order valence-electron chi connectivity index (χ3n) is 3.01. The lowest BCUT2D eigenvalue weighted by molar-refractivity contribution is -0.136. The van der Waals surface area contributed by atoms with Gasteiger partial charge in [-0.15, -0.1) is 0 Å². The molecular weight excluding hydrogens is 237 g/mol. The van der Waals surface area contributed by atoms with Crippen LogP contribution in [0.4, 0.5) is 4.39 Å². The van der Waals surface area contributed by atoms with E-state index in [0.29, 0.717) is 22.2 Å². The maximum Gasteiger partial charge on any atom is 0.307 e. The minimum Gasteiger partial charge on any atom is -0.481 e. The predicted molar refractivity (Wildman–Crippen MR) is 65.0 cm³/mol. The molecule has 18 heavy (non-hydrogen) atoms. The summed E-state index contributed by atoms with van der Waals surface area (Å²) >= 11 is 0. The summed E-state index contributed by atoms with van der Waals surface area (Å²) in [6.45, 7) is 3.22. The topological polar surface area (TPSA) is 73.3 Å². The first-order chi connectivity index (χ1) is 8.40. The molecule has 1 atom stereocenters. The molecule has 0 radical (unpaired) electrons. The van der Waals surface area contributed by atoms with Gasteiger partial charge in [-0.1, -0.05) is 0 Å². The van der Waals surface area contributed by atoms with Crippen LogP contribution in [0.5, 0.6) is 0 Å². The van der Waals surface area contributed by atoms with Gasteiger partial charge in [0.1, 0.15) is 5.82 Å². The molecule has 5 heteroatoms. The first-order valence-electron chi connectivity index (χ1n) is 5.60. The quantitative estimate of drug-likeness (QED) is 0.783. The van der Waals surface area contributed by atoms with Crippen LogP contribution in [0.25, 0.3) is 10.9 Å². The van der Waals surface area contributed by atoms with Crippen LogP contribution in [0.1, 0.15) is 29.8 Å². The van der Waals surface area contributed by atoms with Gasteiger partial charge in [-0.3, -0.25) is 4.79 Å². The van der Waals surface area contributed by atoms with Gasteiger partial charge in [0.15, 0.2) is 0 Å². The second kappa shape index (κ2) is 4.42. The molecule has 0 bridgehead atoms. The first-order valence-corrected chi connectivity index (χ1v) is 5.60. The van der Waals surface area contributed by atoms with E-state index < -0.39 is 17.9 Å². The fourth-order valence-electron chi connectivity index (χ4n) is 2.12. The van der Waals surface area contributed by atoms with Crippen LogP contribution in [0.15, 0.2) is 12.1 Å². The van der Waals surface area contributed by atoms with Crippen molar-refractivity contribution in [1.82, 2.24) is 4.98 Å². The van der Waals surface area contributed by atoms with Crippen molar-refractivity contribution in [1.29, 1.82) is 0 Å². The van der Waals surface area contributed by atoms with Crippen molar-refractivity contribution in [2.45, 2.75) is 26.4 Å². The zero-order valence-electron chi connectivity index (χ0n) is 10.1. The third kappa shape index (κ3) is 2.09. The third-order valence-corrected chi connectivity index (χ3v) is 3.01. The Labute approximate surface area is 103 Å². The highest BCUT2D eigenvalue weighted by Gasteiger charge is 2.16. The summed E-state index contributed by atoms with van der Waals surface area (Å²) in [5, 5.41) is 19.0. The van der Waals surface area contributed by atoms with Gasteiger partial charge in [-0.25, -0.2) is 4.39 Å². The van der Waals surface area contributed by atoms with Gasteiger partial charge < -0.3 is 15.2 Å². The van der Waals surface area contributed by atoms with E-state index in [1.165, 1.54) is 19.1 Å². The number of benzene rings is 1. The molecular formula is C13H14FNO3. The second-order valence-electron chi connectivity index (χ2n) is 4.39. The average molecular weight is 251 g/mol. The summed E-state index contributed by atoms with van der Waals surface area (Å²) in [5.74, 6) is -1.44. The number of hydrogen-bond acceptors (Lipinski definition) is 2. The Bertz CT molecular complexity index is 616. The molecule has 0 saturated heterocycles. The smallest absolute Gasteiger partial charge is 0.307 e. The molecule has 3 N–H and O–H groups in total. The van der Waals surface area contributed by atoms with E-state index in [1.54, 1.807) is 6.92 Å². The Balaban J connectivity index is 2.68. The molecule has 0 amide bonds. The number of aliphatic carboxylic acids is 1. The van der Waals surface area contributed by atoms with Crippen LogP contribution in [0.3, 0.4) is 0 Å². The van der Waals surface area contributed by atoms with E-state index in [9.17, 15) is 14.3 Å². The standard InChI is InChI=1S/C13H14FNO3/c1-6-8(4-13(17)18)10-3-9(7(2)16)11(14)5-12(10)15-6/h3,5,7,15-16H,4H2,1-2H3,(H,17,18). The molecule has 0 spiro atoms. The van der Waals surface area contributed by atoms with Crippen LogP contribution in [0.2, 0.25) is 0 Å². The number of halogens is 1. The number of hydrogen-bond donors (Lipinski definition) is 3.